The second-order valence-corrected chi connectivity index (χ2v) is 5.82. The minimum atomic E-state index is -0.951. The summed E-state index contributed by atoms with van der Waals surface area (Å²) in [5, 5.41) is 0. The summed E-state index contributed by atoms with van der Waals surface area (Å²) in [5.74, 6) is -2.63. The number of hydrogen-bond acceptors (Lipinski definition) is 3. The molecule has 1 unspecified atom stereocenters. The molecule has 0 saturated heterocycles. The number of primary amides is 1. The van der Waals surface area contributed by atoms with E-state index >= 15 is 0 Å². The molecule has 0 bridgehead atoms. The number of likely N-dealkylation sites (N-methyl/N-ethyl adjacent to an activating group) is 1. The van der Waals surface area contributed by atoms with E-state index < -0.39 is 23.6 Å². The molecule has 0 aliphatic carbocycles. The van der Waals surface area contributed by atoms with Gasteiger partial charge in [0.1, 0.15) is 0 Å². The highest BCUT2D eigenvalue weighted by Gasteiger charge is 2.22. The lowest BCUT2D eigenvalue weighted by Crippen LogP contribution is -2.45. The van der Waals surface area contributed by atoms with Crippen molar-refractivity contribution in [2.75, 3.05) is 20.1 Å². The molecule has 0 radical (unpaired) electrons. The van der Waals surface area contributed by atoms with E-state index in [0.717, 1.165) is 12.1 Å². The number of carbonyl (C=O) groups is 2. The van der Waals surface area contributed by atoms with Crippen molar-refractivity contribution in [3.8, 4) is 0 Å². The molecule has 0 aliphatic heterocycles. The van der Waals surface area contributed by atoms with Crippen molar-refractivity contribution >= 4 is 11.8 Å². The predicted octanol–water partition coefficient (Wildman–Crippen LogP) is 1.68. The van der Waals surface area contributed by atoms with Gasteiger partial charge in [-0.25, -0.2) is 8.78 Å². The Morgan fingerprint density at radius 1 is 1.13 bits per heavy atom. The molecular formula is C16H23F2N3O2. The molecule has 1 aromatic carbocycles. The summed E-state index contributed by atoms with van der Waals surface area (Å²) in [5.41, 5.74) is 5.67. The Kier molecular flexibility index (Phi) is 6.62. The van der Waals surface area contributed by atoms with E-state index in [1.807, 2.05) is 13.8 Å². The van der Waals surface area contributed by atoms with Crippen LogP contribution in [0.2, 0.25) is 0 Å². The highest BCUT2D eigenvalue weighted by molar-refractivity contribution is 5.80. The van der Waals surface area contributed by atoms with Gasteiger partial charge in [-0.3, -0.25) is 14.5 Å². The average molecular weight is 327 g/mol. The summed E-state index contributed by atoms with van der Waals surface area (Å²) in [6.07, 6.45) is 0. The number of hydrogen-bond donors (Lipinski definition) is 1. The first-order valence-corrected chi connectivity index (χ1v) is 7.36. The average Bonchev–Trinajstić information content (AvgIpc) is 2.47. The Labute approximate surface area is 135 Å². The lowest BCUT2D eigenvalue weighted by Gasteiger charge is -2.30. The van der Waals surface area contributed by atoms with Gasteiger partial charge in [0.25, 0.3) is 0 Å². The smallest absolute Gasteiger partial charge is 0.237 e. The Balaban J connectivity index is 2.81. The first kappa shape index (κ1) is 19.0. The summed E-state index contributed by atoms with van der Waals surface area (Å²) < 4.78 is 26.3. The minimum Gasteiger partial charge on any atom is -0.369 e. The van der Waals surface area contributed by atoms with Crippen molar-refractivity contribution in [2.24, 2.45) is 5.73 Å². The van der Waals surface area contributed by atoms with Crippen LogP contribution in [0.1, 0.15) is 32.4 Å². The molecule has 23 heavy (non-hydrogen) atoms. The quantitative estimate of drug-likeness (QED) is 0.828. The van der Waals surface area contributed by atoms with Crippen LogP contribution >= 0.6 is 0 Å². The van der Waals surface area contributed by atoms with Gasteiger partial charge in [-0.05, 0) is 38.5 Å². The van der Waals surface area contributed by atoms with Crippen molar-refractivity contribution in [3.63, 3.8) is 0 Å². The molecule has 5 nitrogen and oxygen atoms in total. The van der Waals surface area contributed by atoms with Crippen molar-refractivity contribution in [2.45, 2.75) is 32.9 Å². The summed E-state index contributed by atoms with van der Waals surface area (Å²) in [4.78, 5) is 26.5. The molecule has 1 rings (SSSR count). The predicted molar refractivity (Wildman–Crippen MR) is 83.4 cm³/mol. The largest absolute Gasteiger partial charge is 0.369 e. The van der Waals surface area contributed by atoms with Crippen LogP contribution in [-0.2, 0) is 9.59 Å². The van der Waals surface area contributed by atoms with E-state index in [-0.39, 0.29) is 25.0 Å². The molecular weight excluding hydrogens is 304 g/mol. The topological polar surface area (TPSA) is 66.6 Å². The van der Waals surface area contributed by atoms with Crippen molar-refractivity contribution in [3.05, 3.63) is 35.4 Å². The number of rotatable bonds is 7. The van der Waals surface area contributed by atoms with Crippen LogP contribution in [0.5, 0.6) is 0 Å². The second kappa shape index (κ2) is 8.01. The Hall–Kier alpha value is -2.02. The van der Waals surface area contributed by atoms with Crippen LogP contribution in [0, 0.1) is 11.6 Å². The Morgan fingerprint density at radius 2 is 1.74 bits per heavy atom. The van der Waals surface area contributed by atoms with Gasteiger partial charge in [0.05, 0.1) is 19.1 Å². The van der Waals surface area contributed by atoms with Gasteiger partial charge in [-0.15, -0.1) is 0 Å². The van der Waals surface area contributed by atoms with Gasteiger partial charge in [0.15, 0.2) is 11.6 Å². The molecule has 2 N–H and O–H groups in total. The normalized spacial score (nSPS) is 12.5. The second-order valence-electron chi connectivity index (χ2n) is 5.82. The highest BCUT2D eigenvalue weighted by Crippen LogP contribution is 2.21. The molecule has 7 heteroatoms. The van der Waals surface area contributed by atoms with E-state index in [4.69, 9.17) is 5.73 Å². The van der Waals surface area contributed by atoms with Crippen LogP contribution in [-0.4, -0.2) is 47.8 Å². The SMILES string of the molecule is CC(C)N(CC(N)=O)CC(=O)N(C)C(C)c1ccc(F)c(F)c1. The summed E-state index contributed by atoms with van der Waals surface area (Å²) in [6.45, 7) is 5.43. The fourth-order valence-corrected chi connectivity index (χ4v) is 2.12. The van der Waals surface area contributed by atoms with Gasteiger partial charge in [0.2, 0.25) is 11.8 Å². The van der Waals surface area contributed by atoms with Crippen LogP contribution < -0.4 is 5.73 Å². The minimum absolute atomic E-state index is 0.0171. The molecule has 0 aliphatic rings. The molecule has 0 heterocycles. The zero-order chi connectivity index (χ0) is 17.7. The zero-order valence-corrected chi connectivity index (χ0v) is 13.8. The van der Waals surface area contributed by atoms with E-state index in [1.165, 1.54) is 11.0 Å². The van der Waals surface area contributed by atoms with E-state index in [0.29, 0.717) is 5.56 Å². The molecule has 128 valence electrons. The van der Waals surface area contributed by atoms with Crippen LogP contribution in [0.3, 0.4) is 0 Å². The first-order valence-electron chi connectivity index (χ1n) is 7.36. The van der Waals surface area contributed by atoms with E-state index in [9.17, 15) is 18.4 Å². The van der Waals surface area contributed by atoms with Gasteiger partial charge in [-0.1, -0.05) is 6.07 Å². The third kappa shape index (κ3) is 5.28. The zero-order valence-electron chi connectivity index (χ0n) is 13.8. The fourth-order valence-electron chi connectivity index (χ4n) is 2.12. The molecule has 0 fully saturated rings. The number of benzene rings is 1. The molecule has 1 atom stereocenters. The third-order valence-electron chi connectivity index (χ3n) is 3.83. The summed E-state index contributed by atoms with van der Waals surface area (Å²) in [6, 6.07) is 3.09. The monoisotopic (exact) mass is 327 g/mol. The summed E-state index contributed by atoms with van der Waals surface area (Å²) in [7, 11) is 1.58. The van der Waals surface area contributed by atoms with Gasteiger partial charge < -0.3 is 10.6 Å². The summed E-state index contributed by atoms with van der Waals surface area (Å²) >= 11 is 0. The molecule has 0 spiro atoms. The Morgan fingerprint density at radius 3 is 2.22 bits per heavy atom. The van der Waals surface area contributed by atoms with Crippen molar-refractivity contribution in [1.82, 2.24) is 9.80 Å². The van der Waals surface area contributed by atoms with Crippen molar-refractivity contribution in [1.29, 1.82) is 0 Å². The number of nitrogens with two attached hydrogens (primary N) is 1. The molecule has 2 amide bonds. The molecule has 0 aromatic heterocycles. The lowest BCUT2D eigenvalue weighted by atomic mass is 10.1. The van der Waals surface area contributed by atoms with E-state index in [2.05, 4.69) is 0 Å². The van der Waals surface area contributed by atoms with Crippen LogP contribution in [0.4, 0.5) is 8.78 Å². The number of nitrogens with zero attached hydrogens (tertiary/aromatic N) is 2. The van der Waals surface area contributed by atoms with Gasteiger partial charge >= 0.3 is 0 Å². The molecule has 1 aromatic rings. The van der Waals surface area contributed by atoms with Crippen molar-refractivity contribution < 1.29 is 18.4 Å². The molecule has 0 saturated carbocycles. The van der Waals surface area contributed by atoms with Crippen LogP contribution in [0.15, 0.2) is 18.2 Å². The maximum Gasteiger partial charge on any atom is 0.237 e. The maximum absolute atomic E-state index is 13.3. The number of carbonyl (C=O) groups excluding carboxylic acids is 2. The Bertz CT molecular complexity index is 578. The lowest BCUT2D eigenvalue weighted by molar-refractivity contribution is -0.134. The number of halogens is 2. The number of amides is 2. The standard InChI is InChI=1S/C16H23F2N3O2/c1-10(2)21(8-15(19)22)9-16(23)20(4)11(3)12-5-6-13(17)14(18)7-12/h5-7,10-11H,8-9H2,1-4H3,(H2,19,22). The highest BCUT2D eigenvalue weighted by atomic mass is 19.2. The fraction of sp³-hybridized carbons (Fsp3) is 0.500. The maximum atomic E-state index is 13.3. The van der Waals surface area contributed by atoms with Gasteiger partial charge in [0, 0.05) is 13.1 Å². The van der Waals surface area contributed by atoms with Crippen LogP contribution in [0.25, 0.3) is 0 Å². The van der Waals surface area contributed by atoms with E-state index in [1.54, 1.807) is 18.9 Å². The van der Waals surface area contributed by atoms with Gasteiger partial charge in [-0.2, -0.15) is 0 Å². The third-order valence-corrected chi connectivity index (χ3v) is 3.83. The first-order chi connectivity index (χ1) is 10.6.